The Kier molecular flexibility index (Phi) is 4.17. The number of rotatable bonds is 3. The van der Waals surface area contributed by atoms with Crippen molar-refractivity contribution >= 4 is 11.9 Å². The molecule has 0 bridgehead atoms. The summed E-state index contributed by atoms with van der Waals surface area (Å²) in [5, 5.41) is 9.16. The molecule has 0 saturated heterocycles. The molecule has 1 atom stereocenters. The fourth-order valence-electron chi connectivity index (χ4n) is 2.58. The van der Waals surface area contributed by atoms with E-state index in [4.69, 9.17) is 5.73 Å². The number of carbonyl (C=O) groups is 1. The summed E-state index contributed by atoms with van der Waals surface area (Å²) >= 11 is 0. The van der Waals surface area contributed by atoms with E-state index >= 15 is 0 Å². The van der Waals surface area contributed by atoms with E-state index in [0.29, 0.717) is 5.92 Å². The number of nitrogens with one attached hydrogen (secondary N) is 2. The van der Waals surface area contributed by atoms with Crippen molar-refractivity contribution in [1.82, 2.24) is 20.5 Å². The van der Waals surface area contributed by atoms with Crippen molar-refractivity contribution in [3.8, 4) is 0 Å². The fourth-order valence-corrected chi connectivity index (χ4v) is 2.58. The minimum atomic E-state index is -0.226. The Hall–Kier alpha value is -1.59. The third-order valence-corrected chi connectivity index (χ3v) is 3.68. The van der Waals surface area contributed by atoms with Gasteiger partial charge in [-0.2, -0.15) is 4.98 Å². The number of aromatic nitrogens is 3. The average Bonchev–Trinajstić information content (AvgIpc) is 2.63. The van der Waals surface area contributed by atoms with Crippen LogP contribution in [0.3, 0.4) is 0 Å². The lowest BCUT2D eigenvalue weighted by Gasteiger charge is -2.22. The van der Waals surface area contributed by atoms with Crippen molar-refractivity contribution in [2.45, 2.75) is 51.5 Å². The summed E-state index contributed by atoms with van der Waals surface area (Å²) in [4.78, 5) is 15.7. The van der Waals surface area contributed by atoms with Gasteiger partial charge in [0.05, 0.1) is 0 Å². The van der Waals surface area contributed by atoms with Crippen LogP contribution in [0.4, 0.5) is 5.95 Å². The molecule has 1 aromatic rings. The maximum Gasteiger partial charge on any atom is 0.288 e. The molecule has 2 rings (SSSR count). The van der Waals surface area contributed by atoms with Crippen LogP contribution in [0.25, 0.3) is 0 Å². The van der Waals surface area contributed by atoms with Gasteiger partial charge in [-0.1, -0.05) is 25.7 Å². The van der Waals surface area contributed by atoms with Crippen molar-refractivity contribution in [2.24, 2.45) is 5.92 Å². The molecule has 1 aromatic heterocycles. The lowest BCUT2D eigenvalue weighted by Crippen LogP contribution is -2.38. The zero-order valence-corrected chi connectivity index (χ0v) is 10.8. The van der Waals surface area contributed by atoms with E-state index in [-0.39, 0.29) is 23.7 Å². The molecule has 1 aliphatic rings. The molecule has 6 nitrogen and oxygen atoms in total. The van der Waals surface area contributed by atoms with Gasteiger partial charge in [-0.3, -0.25) is 9.89 Å². The highest BCUT2D eigenvalue weighted by molar-refractivity contribution is 5.90. The van der Waals surface area contributed by atoms with Gasteiger partial charge in [-0.15, -0.1) is 5.10 Å². The molecular weight excluding hydrogens is 230 g/mol. The standard InChI is InChI=1S/C12H21N5O/c1-8(9-6-4-2-3-5-7-9)14-11(18)10-15-12(13)17-16-10/h8-9H,2-7H2,1H3,(H,14,18)(H3,13,15,16,17)/t8-/m0/s1. The zero-order valence-electron chi connectivity index (χ0n) is 10.8. The van der Waals surface area contributed by atoms with Crippen LogP contribution in [0, 0.1) is 5.92 Å². The SMILES string of the molecule is C[C@H](NC(=O)c1nc(N)n[nH]1)C1CCCCCC1. The minimum Gasteiger partial charge on any atom is -0.366 e. The van der Waals surface area contributed by atoms with E-state index in [9.17, 15) is 4.79 Å². The van der Waals surface area contributed by atoms with E-state index in [1.807, 2.05) is 0 Å². The van der Waals surface area contributed by atoms with Gasteiger partial charge in [0.25, 0.3) is 5.91 Å². The Bertz CT molecular complexity index is 395. The molecular formula is C12H21N5O. The van der Waals surface area contributed by atoms with Gasteiger partial charge in [0.1, 0.15) is 0 Å². The average molecular weight is 251 g/mol. The summed E-state index contributed by atoms with van der Waals surface area (Å²) in [5.74, 6) is 0.628. The number of H-pyrrole nitrogens is 1. The first kappa shape index (κ1) is 12.9. The fraction of sp³-hybridized carbons (Fsp3) is 0.750. The van der Waals surface area contributed by atoms with Gasteiger partial charge in [0.2, 0.25) is 11.8 Å². The molecule has 4 N–H and O–H groups in total. The molecule has 100 valence electrons. The van der Waals surface area contributed by atoms with Crippen molar-refractivity contribution in [1.29, 1.82) is 0 Å². The predicted octanol–water partition coefficient (Wildman–Crippen LogP) is 1.48. The van der Waals surface area contributed by atoms with Crippen LogP contribution in [0.1, 0.15) is 56.1 Å². The Morgan fingerprint density at radius 2 is 2.06 bits per heavy atom. The first-order chi connectivity index (χ1) is 8.66. The highest BCUT2D eigenvalue weighted by atomic mass is 16.2. The predicted molar refractivity (Wildman–Crippen MR) is 68.9 cm³/mol. The highest BCUT2D eigenvalue weighted by Gasteiger charge is 2.22. The maximum absolute atomic E-state index is 11.9. The maximum atomic E-state index is 11.9. The molecule has 1 fully saturated rings. The molecule has 1 saturated carbocycles. The number of carbonyl (C=O) groups excluding carboxylic acids is 1. The van der Waals surface area contributed by atoms with E-state index < -0.39 is 0 Å². The van der Waals surface area contributed by atoms with E-state index in [1.54, 1.807) is 0 Å². The summed E-state index contributed by atoms with van der Waals surface area (Å²) in [6, 6.07) is 0.168. The Morgan fingerprint density at radius 3 is 2.61 bits per heavy atom. The summed E-state index contributed by atoms with van der Waals surface area (Å²) < 4.78 is 0. The quantitative estimate of drug-likeness (QED) is 0.709. The van der Waals surface area contributed by atoms with Gasteiger partial charge in [-0.25, -0.2) is 0 Å². The van der Waals surface area contributed by atoms with Gasteiger partial charge in [0, 0.05) is 6.04 Å². The largest absolute Gasteiger partial charge is 0.366 e. The monoisotopic (exact) mass is 251 g/mol. The molecule has 0 aliphatic heterocycles. The smallest absolute Gasteiger partial charge is 0.288 e. The molecule has 18 heavy (non-hydrogen) atoms. The first-order valence-electron chi connectivity index (χ1n) is 6.65. The van der Waals surface area contributed by atoms with Crippen molar-refractivity contribution in [3.63, 3.8) is 0 Å². The van der Waals surface area contributed by atoms with Gasteiger partial charge < -0.3 is 11.1 Å². The lowest BCUT2D eigenvalue weighted by molar-refractivity contribution is 0.0913. The summed E-state index contributed by atoms with van der Waals surface area (Å²) in [5.41, 5.74) is 5.38. The van der Waals surface area contributed by atoms with E-state index in [2.05, 4.69) is 27.4 Å². The van der Waals surface area contributed by atoms with Crippen LogP contribution in [-0.4, -0.2) is 27.1 Å². The van der Waals surface area contributed by atoms with E-state index in [0.717, 1.165) is 0 Å². The summed E-state index contributed by atoms with van der Waals surface area (Å²) in [6.45, 7) is 2.06. The van der Waals surface area contributed by atoms with Crippen LogP contribution in [0.15, 0.2) is 0 Å². The molecule has 1 heterocycles. The number of hydrogen-bond acceptors (Lipinski definition) is 4. The molecule has 1 aliphatic carbocycles. The molecule has 1 amide bonds. The topological polar surface area (TPSA) is 96.7 Å². The Balaban J connectivity index is 1.89. The second kappa shape index (κ2) is 5.84. The molecule has 0 spiro atoms. The normalized spacial score (nSPS) is 19.2. The van der Waals surface area contributed by atoms with Gasteiger partial charge >= 0.3 is 0 Å². The summed E-state index contributed by atoms with van der Waals surface area (Å²) in [6.07, 6.45) is 7.55. The van der Waals surface area contributed by atoms with Crippen LogP contribution in [0.2, 0.25) is 0 Å². The van der Waals surface area contributed by atoms with Gasteiger partial charge in [-0.05, 0) is 25.7 Å². The number of hydrogen-bond donors (Lipinski definition) is 3. The number of nitrogen functional groups attached to an aromatic ring is 1. The van der Waals surface area contributed by atoms with Crippen LogP contribution in [-0.2, 0) is 0 Å². The van der Waals surface area contributed by atoms with Crippen molar-refractivity contribution < 1.29 is 4.79 Å². The van der Waals surface area contributed by atoms with Crippen LogP contribution < -0.4 is 11.1 Å². The first-order valence-corrected chi connectivity index (χ1v) is 6.65. The van der Waals surface area contributed by atoms with Crippen molar-refractivity contribution in [2.75, 3.05) is 5.73 Å². The number of nitrogens with zero attached hydrogens (tertiary/aromatic N) is 2. The van der Waals surface area contributed by atoms with Crippen molar-refractivity contribution in [3.05, 3.63) is 5.82 Å². The summed E-state index contributed by atoms with van der Waals surface area (Å²) in [7, 11) is 0. The van der Waals surface area contributed by atoms with Crippen LogP contribution >= 0.6 is 0 Å². The molecule has 0 radical (unpaired) electrons. The Morgan fingerprint density at radius 1 is 1.39 bits per heavy atom. The number of anilines is 1. The molecule has 0 unspecified atom stereocenters. The van der Waals surface area contributed by atoms with E-state index in [1.165, 1.54) is 38.5 Å². The lowest BCUT2D eigenvalue weighted by atomic mass is 9.93. The zero-order chi connectivity index (χ0) is 13.0. The molecule has 0 aromatic carbocycles. The molecule has 6 heteroatoms. The minimum absolute atomic E-state index is 0.0993. The highest BCUT2D eigenvalue weighted by Crippen LogP contribution is 2.25. The third-order valence-electron chi connectivity index (χ3n) is 3.68. The second-order valence-corrected chi connectivity index (χ2v) is 5.06. The third kappa shape index (κ3) is 3.21. The Labute approximate surface area is 107 Å². The van der Waals surface area contributed by atoms with Gasteiger partial charge in [0.15, 0.2) is 0 Å². The van der Waals surface area contributed by atoms with Crippen LogP contribution in [0.5, 0.6) is 0 Å². The number of amides is 1. The second-order valence-electron chi connectivity index (χ2n) is 5.06. The number of nitrogens with two attached hydrogens (primary N) is 1. The number of aromatic amines is 1.